The predicted molar refractivity (Wildman–Crippen MR) is 85.6 cm³/mol. The number of fused-ring (bicyclic) bond motifs is 1. The first kappa shape index (κ1) is 12.8. The lowest BCUT2D eigenvalue weighted by Crippen LogP contribution is -2.23. The molecule has 0 fully saturated rings. The van der Waals surface area contributed by atoms with E-state index in [-0.39, 0.29) is 5.56 Å². The third-order valence-electron chi connectivity index (χ3n) is 3.20. The molecule has 0 saturated carbocycles. The highest BCUT2D eigenvalue weighted by Crippen LogP contribution is 2.15. The van der Waals surface area contributed by atoms with Crippen LogP contribution in [0.3, 0.4) is 0 Å². The zero-order valence-corrected chi connectivity index (χ0v) is 12.2. The summed E-state index contributed by atoms with van der Waals surface area (Å²) in [4.78, 5) is 21.5. The Balaban J connectivity index is 1.85. The Kier molecular flexibility index (Phi) is 3.01. The third-order valence-corrected chi connectivity index (χ3v) is 4.16. The van der Waals surface area contributed by atoms with Crippen molar-refractivity contribution >= 4 is 22.4 Å². The van der Waals surface area contributed by atoms with Gasteiger partial charge in [-0.1, -0.05) is 47.7 Å². The van der Waals surface area contributed by atoms with Gasteiger partial charge in [-0.15, -0.1) is 5.10 Å². The van der Waals surface area contributed by atoms with E-state index in [1.807, 2.05) is 42.5 Å². The summed E-state index contributed by atoms with van der Waals surface area (Å²) in [6, 6.07) is 13.4. The number of hydrogen-bond donors (Lipinski definition) is 0. The van der Waals surface area contributed by atoms with Crippen molar-refractivity contribution in [3.63, 3.8) is 0 Å². The van der Waals surface area contributed by atoms with Crippen molar-refractivity contribution in [1.82, 2.24) is 19.6 Å². The summed E-state index contributed by atoms with van der Waals surface area (Å²) in [5.74, 6) is 0.567. The zero-order chi connectivity index (χ0) is 14.9. The van der Waals surface area contributed by atoms with E-state index in [0.29, 0.717) is 15.3 Å². The van der Waals surface area contributed by atoms with E-state index >= 15 is 0 Å². The molecule has 0 aliphatic rings. The molecule has 0 aliphatic heterocycles. The molecule has 106 valence electrons. The molecule has 0 aliphatic carbocycles. The van der Waals surface area contributed by atoms with Crippen LogP contribution < -0.4 is 10.1 Å². The van der Waals surface area contributed by atoms with Gasteiger partial charge >= 0.3 is 0 Å². The molecule has 4 aromatic rings. The first-order chi connectivity index (χ1) is 10.8. The van der Waals surface area contributed by atoms with Crippen molar-refractivity contribution in [3.8, 4) is 11.4 Å². The van der Waals surface area contributed by atoms with E-state index in [4.69, 9.17) is 0 Å². The van der Waals surface area contributed by atoms with Crippen molar-refractivity contribution < 1.29 is 0 Å². The molecular weight excluding hydrogens is 296 g/mol. The number of benzene rings is 1. The molecule has 0 saturated heterocycles. The fourth-order valence-corrected chi connectivity index (χ4v) is 3.06. The van der Waals surface area contributed by atoms with Gasteiger partial charge in [-0.05, 0) is 17.7 Å². The van der Waals surface area contributed by atoms with Crippen LogP contribution in [-0.2, 0) is 0 Å². The molecule has 5 nitrogen and oxygen atoms in total. The van der Waals surface area contributed by atoms with Crippen LogP contribution in [0.1, 0.15) is 5.56 Å². The Hall–Kier alpha value is -2.86. The van der Waals surface area contributed by atoms with Gasteiger partial charge in [0.05, 0.1) is 4.53 Å². The van der Waals surface area contributed by atoms with Crippen LogP contribution in [0.15, 0.2) is 59.7 Å². The van der Waals surface area contributed by atoms with Crippen LogP contribution in [0.25, 0.3) is 22.4 Å². The quantitative estimate of drug-likeness (QED) is 0.566. The molecule has 0 atom stereocenters. The smallest absolute Gasteiger partial charge is 0.266 e. The minimum absolute atomic E-state index is 0.154. The van der Waals surface area contributed by atoms with E-state index in [2.05, 4.69) is 15.1 Å². The minimum Gasteiger partial charge on any atom is -0.266 e. The molecular formula is C16H10N4OS. The molecule has 3 heterocycles. The highest BCUT2D eigenvalue weighted by atomic mass is 32.1. The second-order valence-corrected chi connectivity index (χ2v) is 5.71. The van der Waals surface area contributed by atoms with E-state index in [1.54, 1.807) is 18.5 Å². The van der Waals surface area contributed by atoms with E-state index in [1.165, 1.54) is 15.9 Å². The maximum atomic E-state index is 12.4. The largest absolute Gasteiger partial charge is 0.291 e. The van der Waals surface area contributed by atoms with Gasteiger partial charge in [-0.25, -0.2) is 0 Å². The molecule has 22 heavy (non-hydrogen) atoms. The Labute approximate surface area is 129 Å². The Bertz CT molecular complexity index is 1040. The average Bonchev–Trinajstić information content (AvgIpc) is 3.10. The zero-order valence-electron chi connectivity index (χ0n) is 11.4. The Morgan fingerprint density at radius 1 is 1.09 bits per heavy atom. The number of hydrogen-bond acceptors (Lipinski definition) is 5. The van der Waals surface area contributed by atoms with Crippen molar-refractivity contribution in [2.45, 2.75) is 0 Å². The van der Waals surface area contributed by atoms with E-state index in [0.717, 1.165) is 11.1 Å². The van der Waals surface area contributed by atoms with E-state index in [9.17, 15) is 4.79 Å². The molecule has 0 radical (unpaired) electrons. The lowest BCUT2D eigenvalue weighted by Gasteiger charge is -1.91. The number of thiazole rings is 1. The molecule has 0 unspecified atom stereocenters. The van der Waals surface area contributed by atoms with Crippen molar-refractivity contribution in [3.05, 3.63) is 75.3 Å². The number of pyridine rings is 1. The number of nitrogens with zero attached hydrogens (tertiary/aromatic N) is 4. The van der Waals surface area contributed by atoms with Gasteiger partial charge < -0.3 is 0 Å². The normalized spacial score (nSPS) is 12.1. The average molecular weight is 306 g/mol. The summed E-state index contributed by atoms with van der Waals surface area (Å²) in [5, 5.41) is 4.31. The molecule has 0 N–H and O–H groups in total. The summed E-state index contributed by atoms with van der Waals surface area (Å²) >= 11 is 1.33. The molecule has 4 rings (SSSR count). The highest BCUT2D eigenvalue weighted by Gasteiger charge is 2.11. The van der Waals surface area contributed by atoms with Crippen LogP contribution in [0, 0.1) is 0 Å². The standard InChI is InChI=1S/C16H10N4OS/c21-15-13(9-11-5-4-8-17-10-11)22-16-18-14(19-20(15)16)12-6-2-1-3-7-12/h1-10H. The van der Waals surface area contributed by atoms with Gasteiger partial charge in [0.15, 0.2) is 5.82 Å². The summed E-state index contributed by atoms with van der Waals surface area (Å²) in [7, 11) is 0. The fourth-order valence-electron chi connectivity index (χ4n) is 2.16. The van der Waals surface area contributed by atoms with Crippen molar-refractivity contribution in [2.75, 3.05) is 0 Å². The van der Waals surface area contributed by atoms with Gasteiger partial charge in [0.25, 0.3) is 5.56 Å². The molecule has 1 aromatic carbocycles. The van der Waals surface area contributed by atoms with Crippen LogP contribution in [0.2, 0.25) is 0 Å². The summed E-state index contributed by atoms with van der Waals surface area (Å²) < 4.78 is 1.96. The SMILES string of the molecule is O=c1c(=Cc2cccnc2)sc2nc(-c3ccccc3)nn12. The van der Waals surface area contributed by atoms with Crippen LogP contribution in [-0.4, -0.2) is 19.6 Å². The molecule has 3 aromatic heterocycles. The predicted octanol–water partition coefficient (Wildman–Crippen LogP) is 1.76. The van der Waals surface area contributed by atoms with Gasteiger partial charge in [-0.2, -0.15) is 9.50 Å². The van der Waals surface area contributed by atoms with Gasteiger partial charge in [0.2, 0.25) is 4.96 Å². The lowest BCUT2D eigenvalue weighted by atomic mass is 10.2. The Morgan fingerprint density at radius 3 is 2.68 bits per heavy atom. The maximum Gasteiger partial charge on any atom is 0.291 e. The monoisotopic (exact) mass is 306 g/mol. The minimum atomic E-state index is -0.154. The maximum absolute atomic E-state index is 12.4. The molecule has 0 bridgehead atoms. The summed E-state index contributed by atoms with van der Waals surface area (Å²) in [5.41, 5.74) is 1.63. The first-order valence-corrected chi connectivity index (χ1v) is 7.50. The Morgan fingerprint density at radius 2 is 1.95 bits per heavy atom. The summed E-state index contributed by atoms with van der Waals surface area (Å²) in [6.07, 6.45) is 5.22. The number of aromatic nitrogens is 4. The topological polar surface area (TPSA) is 60.2 Å². The van der Waals surface area contributed by atoms with Crippen LogP contribution >= 0.6 is 11.3 Å². The number of rotatable bonds is 2. The van der Waals surface area contributed by atoms with Gasteiger partial charge in [0.1, 0.15) is 0 Å². The molecule has 0 amide bonds. The second kappa shape index (κ2) is 5.16. The second-order valence-electron chi connectivity index (χ2n) is 4.70. The summed E-state index contributed by atoms with van der Waals surface area (Å²) in [6.45, 7) is 0. The molecule has 6 heteroatoms. The molecule has 0 spiro atoms. The van der Waals surface area contributed by atoms with Crippen LogP contribution in [0.4, 0.5) is 0 Å². The lowest BCUT2D eigenvalue weighted by molar-refractivity contribution is 0.937. The van der Waals surface area contributed by atoms with E-state index < -0.39 is 0 Å². The fraction of sp³-hybridized carbons (Fsp3) is 0. The first-order valence-electron chi connectivity index (χ1n) is 6.68. The van der Waals surface area contributed by atoms with Crippen LogP contribution in [0.5, 0.6) is 0 Å². The highest BCUT2D eigenvalue weighted by molar-refractivity contribution is 7.15. The third kappa shape index (κ3) is 2.19. The van der Waals surface area contributed by atoms with Gasteiger partial charge in [0, 0.05) is 18.0 Å². The van der Waals surface area contributed by atoms with Gasteiger partial charge in [-0.3, -0.25) is 9.78 Å². The van der Waals surface area contributed by atoms with Crippen molar-refractivity contribution in [2.24, 2.45) is 0 Å². The van der Waals surface area contributed by atoms with Crippen molar-refractivity contribution in [1.29, 1.82) is 0 Å².